The minimum absolute atomic E-state index is 0.104. The van der Waals surface area contributed by atoms with E-state index in [1.165, 1.54) is 10.4 Å². The van der Waals surface area contributed by atoms with Crippen LogP contribution in [0.5, 0.6) is 0 Å². The first-order valence-corrected chi connectivity index (χ1v) is 10.9. The summed E-state index contributed by atoms with van der Waals surface area (Å²) in [6, 6.07) is 13.4. The van der Waals surface area contributed by atoms with Crippen molar-refractivity contribution in [2.75, 3.05) is 11.9 Å². The van der Waals surface area contributed by atoms with E-state index < -0.39 is 16.1 Å². The number of hydrogen-bond acceptors (Lipinski definition) is 4. The highest BCUT2D eigenvalue weighted by molar-refractivity contribution is 7.89. The number of anilines is 1. The normalized spacial score (nSPS) is 12.9. The van der Waals surface area contributed by atoms with Crippen LogP contribution < -0.4 is 5.32 Å². The van der Waals surface area contributed by atoms with Crippen molar-refractivity contribution in [1.29, 1.82) is 0 Å². The van der Waals surface area contributed by atoms with E-state index >= 15 is 0 Å². The molecular formula is C22H25N3O3S. The minimum Gasteiger partial charge on any atom is -0.325 e. The number of nitrogens with zero attached hydrogens (tertiary/aromatic N) is 2. The average Bonchev–Trinajstić information content (AvgIpc) is 2.69. The highest BCUT2D eigenvalue weighted by Gasteiger charge is 2.33. The number of amides is 1. The maximum Gasteiger partial charge on any atom is 0.245 e. The third-order valence-electron chi connectivity index (χ3n) is 4.84. The van der Waals surface area contributed by atoms with Crippen molar-refractivity contribution >= 4 is 32.5 Å². The van der Waals surface area contributed by atoms with Crippen LogP contribution in [0.15, 0.2) is 59.6 Å². The molecule has 1 amide bonds. The molecule has 0 aliphatic heterocycles. The minimum atomic E-state index is -3.92. The monoisotopic (exact) mass is 411 g/mol. The first kappa shape index (κ1) is 21.0. The number of aromatic nitrogens is 1. The molecule has 152 valence electrons. The van der Waals surface area contributed by atoms with Gasteiger partial charge in [-0.05, 0) is 50.6 Å². The molecule has 0 unspecified atom stereocenters. The van der Waals surface area contributed by atoms with Crippen LogP contribution in [0.4, 0.5) is 5.69 Å². The molecule has 6 nitrogen and oxygen atoms in total. The lowest BCUT2D eigenvalue weighted by atomic mass is 10.2. The summed E-state index contributed by atoms with van der Waals surface area (Å²) < 4.78 is 28.0. The van der Waals surface area contributed by atoms with Gasteiger partial charge in [-0.25, -0.2) is 8.42 Å². The Balaban J connectivity index is 1.93. The molecule has 1 atom stereocenters. The Labute approximate surface area is 171 Å². The van der Waals surface area contributed by atoms with Crippen molar-refractivity contribution in [3.8, 4) is 0 Å². The number of hydrogen-bond donors (Lipinski definition) is 1. The van der Waals surface area contributed by atoms with Gasteiger partial charge in [0.1, 0.15) is 10.9 Å². The Hall–Kier alpha value is -2.77. The van der Waals surface area contributed by atoms with Gasteiger partial charge in [-0.15, -0.1) is 0 Å². The van der Waals surface area contributed by atoms with E-state index in [2.05, 4.69) is 10.3 Å². The maximum atomic E-state index is 13.4. The van der Waals surface area contributed by atoms with Crippen LogP contribution in [0.25, 0.3) is 10.9 Å². The third-order valence-corrected chi connectivity index (χ3v) is 6.92. The van der Waals surface area contributed by atoms with Gasteiger partial charge in [0, 0.05) is 23.8 Å². The van der Waals surface area contributed by atoms with E-state index in [1.54, 1.807) is 38.2 Å². The summed E-state index contributed by atoms with van der Waals surface area (Å²) in [6.45, 7) is 7.33. The van der Waals surface area contributed by atoms with Crippen molar-refractivity contribution in [3.05, 3.63) is 65.9 Å². The summed E-state index contributed by atoms with van der Waals surface area (Å²) in [6.07, 6.45) is 1.64. The van der Waals surface area contributed by atoms with Crippen molar-refractivity contribution in [3.63, 3.8) is 0 Å². The molecule has 7 heteroatoms. The molecule has 3 aromatic rings. The van der Waals surface area contributed by atoms with Gasteiger partial charge in [-0.2, -0.15) is 4.31 Å². The molecule has 1 heterocycles. The van der Waals surface area contributed by atoms with Crippen LogP contribution in [-0.2, 0) is 14.8 Å². The Kier molecular flexibility index (Phi) is 6.00. The summed E-state index contributed by atoms with van der Waals surface area (Å²) in [5.41, 5.74) is 3.06. The third kappa shape index (κ3) is 4.31. The second kappa shape index (κ2) is 8.31. The van der Waals surface area contributed by atoms with Gasteiger partial charge in [-0.3, -0.25) is 9.78 Å². The summed E-state index contributed by atoms with van der Waals surface area (Å²) in [5, 5.41) is 3.54. The number of carbonyl (C=O) groups is 1. The van der Waals surface area contributed by atoms with E-state index in [0.717, 1.165) is 16.5 Å². The van der Waals surface area contributed by atoms with Crippen LogP contribution in [0, 0.1) is 13.8 Å². The second-order valence-electron chi connectivity index (χ2n) is 7.08. The zero-order valence-electron chi connectivity index (χ0n) is 17.0. The fourth-order valence-corrected chi connectivity index (χ4v) is 5.01. The first-order chi connectivity index (χ1) is 13.7. The molecule has 1 aromatic heterocycles. The van der Waals surface area contributed by atoms with Gasteiger partial charge in [0.15, 0.2) is 0 Å². The number of carbonyl (C=O) groups excluding carboxylic acids is 1. The van der Waals surface area contributed by atoms with E-state index in [-0.39, 0.29) is 17.3 Å². The van der Waals surface area contributed by atoms with Gasteiger partial charge < -0.3 is 5.32 Å². The molecule has 29 heavy (non-hydrogen) atoms. The number of pyridine rings is 1. The van der Waals surface area contributed by atoms with Crippen molar-refractivity contribution in [2.45, 2.75) is 38.6 Å². The zero-order valence-corrected chi connectivity index (χ0v) is 17.8. The Morgan fingerprint density at radius 1 is 1.10 bits per heavy atom. The molecule has 0 saturated carbocycles. The molecular weight excluding hydrogens is 386 g/mol. The van der Waals surface area contributed by atoms with Crippen LogP contribution in [0.3, 0.4) is 0 Å². The first-order valence-electron chi connectivity index (χ1n) is 9.48. The van der Waals surface area contributed by atoms with Crippen LogP contribution >= 0.6 is 0 Å². The molecule has 0 spiro atoms. The lowest BCUT2D eigenvalue weighted by Gasteiger charge is -2.26. The molecule has 0 aliphatic carbocycles. The predicted molar refractivity (Wildman–Crippen MR) is 115 cm³/mol. The maximum absolute atomic E-state index is 13.4. The van der Waals surface area contributed by atoms with E-state index in [4.69, 9.17) is 0 Å². The standard InChI is InChI=1S/C22H25N3O3S/c1-5-25(17(4)22(26)24-19-11-9-15(2)10-12-19)29(27,28)20-8-6-7-18-13-16(3)14-23-21(18)20/h6-14,17H,5H2,1-4H3,(H,24,26)/t17-/m1/s1. The fraction of sp³-hybridized carbons (Fsp3) is 0.273. The van der Waals surface area contributed by atoms with Crippen LogP contribution in [-0.4, -0.2) is 36.2 Å². The number of fused-ring (bicyclic) bond motifs is 1. The molecule has 1 N–H and O–H groups in total. The topological polar surface area (TPSA) is 79.4 Å². The number of para-hydroxylation sites is 1. The summed E-state index contributed by atoms with van der Waals surface area (Å²) in [4.78, 5) is 17.2. The van der Waals surface area contributed by atoms with Gasteiger partial charge in [0.2, 0.25) is 15.9 Å². The van der Waals surface area contributed by atoms with Gasteiger partial charge in [-0.1, -0.05) is 36.8 Å². The molecule has 2 aromatic carbocycles. The van der Waals surface area contributed by atoms with Crippen molar-refractivity contribution in [1.82, 2.24) is 9.29 Å². The van der Waals surface area contributed by atoms with Gasteiger partial charge in [0.25, 0.3) is 0 Å². The largest absolute Gasteiger partial charge is 0.325 e. The summed E-state index contributed by atoms with van der Waals surface area (Å²) in [5.74, 6) is -0.386. The highest BCUT2D eigenvalue weighted by atomic mass is 32.2. The molecule has 0 fully saturated rings. The summed E-state index contributed by atoms with van der Waals surface area (Å²) in [7, 11) is -3.92. The Morgan fingerprint density at radius 2 is 1.79 bits per heavy atom. The molecule has 0 saturated heterocycles. The number of rotatable bonds is 6. The van der Waals surface area contributed by atoms with Crippen LogP contribution in [0.2, 0.25) is 0 Å². The average molecular weight is 412 g/mol. The van der Waals surface area contributed by atoms with E-state index in [9.17, 15) is 13.2 Å². The van der Waals surface area contributed by atoms with Crippen molar-refractivity contribution < 1.29 is 13.2 Å². The summed E-state index contributed by atoms with van der Waals surface area (Å²) >= 11 is 0. The zero-order chi connectivity index (χ0) is 21.2. The SMILES string of the molecule is CCN([C@H](C)C(=O)Nc1ccc(C)cc1)S(=O)(=O)c1cccc2cc(C)cnc12. The Morgan fingerprint density at radius 3 is 2.45 bits per heavy atom. The lowest BCUT2D eigenvalue weighted by Crippen LogP contribution is -2.45. The molecule has 3 rings (SSSR count). The quantitative estimate of drug-likeness (QED) is 0.667. The van der Waals surface area contributed by atoms with E-state index in [0.29, 0.717) is 11.2 Å². The van der Waals surface area contributed by atoms with Gasteiger partial charge in [0.05, 0.1) is 5.52 Å². The molecule has 0 radical (unpaired) electrons. The number of nitrogens with one attached hydrogen (secondary N) is 1. The smallest absolute Gasteiger partial charge is 0.245 e. The number of sulfonamides is 1. The predicted octanol–water partition coefficient (Wildman–Crippen LogP) is 3.89. The van der Waals surface area contributed by atoms with E-state index in [1.807, 2.05) is 38.1 Å². The molecule has 0 aliphatic rings. The van der Waals surface area contributed by atoms with Gasteiger partial charge >= 0.3 is 0 Å². The number of benzene rings is 2. The molecule has 0 bridgehead atoms. The fourth-order valence-electron chi connectivity index (χ4n) is 3.24. The number of aryl methyl sites for hydroxylation is 2. The lowest BCUT2D eigenvalue weighted by molar-refractivity contribution is -0.119. The second-order valence-corrected chi connectivity index (χ2v) is 8.94. The van der Waals surface area contributed by atoms with Crippen LogP contribution in [0.1, 0.15) is 25.0 Å². The number of likely N-dealkylation sites (N-methyl/N-ethyl adjacent to an activating group) is 1. The van der Waals surface area contributed by atoms with Crippen molar-refractivity contribution in [2.24, 2.45) is 0 Å². The Bertz CT molecular complexity index is 1140. The highest BCUT2D eigenvalue weighted by Crippen LogP contribution is 2.26.